The van der Waals surface area contributed by atoms with E-state index in [0.717, 1.165) is 6.54 Å². The molecule has 1 aromatic carbocycles. The number of anilines is 1. The van der Waals surface area contributed by atoms with Crippen molar-refractivity contribution in [3.8, 4) is 0 Å². The van der Waals surface area contributed by atoms with Crippen molar-refractivity contribution in [2.24, 2.45) is 5.73 Å². The third-order valence-corrected chi connectivity index (χ3v) is 2.61. The second-order valence-electron chi connectivity index (χ2n) is 4.51. The molecule has 0 saturated carbocycles. The molecule has 4 nitrogen and oxygen atoms in total. The molecule has 0 saturated heterocycles. The molecule has 17 heavy (non-hydrogen) atoms. The summed E-state index contributed by atoms with van der Waals surface area (Å²) in [5.41, 5.74) is 7.51. The SMILES string of the molecule is CC(CC(N)=O)NCc1ccc(N(C)C)cc1. The maximum Gasteiger partial charge on any atom is 0.218 e. The van der Waals surface area contributed by atoms with Crippen LogP contribution in [0.25, 0.3) is 0 Å². The van der Waals surface area contributed by atoms with Gasteiger partial charge in [0.05, 0.1) is 0 Å². The van der Waals surface area contributed by atoms with Gasteiger partial charge in [0.25, 0.3) is 0 Å². The third kappa shape index (κ3) is 4.87. The van der Waals surface area contributed by atoms with Gasteiger partial charge in [-0.3, -0.25) is 4.79 Å². The zero-order valence-corrected chi connectivity index (χ0v) is 10.7. The van der Waals surface area contributed by atoms with Crippen LogP contribution >= 0.6 is 0 Å². The van der Waals surface area contributed by atoms with E-state index in [1.54, 1.807) is 0 Å². The zero-order chi connectivity index (χ0) is 12.8. The van der Waals surface area contributed by atoms with Gasteiger partial charge in [0.1, 0.15) is 0 Å². The first-order valence-corrected chi connectivity index (χ1v) is 5.77. The standard InChI is InChI=1S/C13H21N3O/c1-10(8-13(14)17)15-9-11-4-6-12(7-5-11)16(2)3/h4-7,10,15H,8-9H2,1-3H3,(H2,14,17). The zero-order valence-electron chi connectivity index (χ0n) is 10.7. The number of benzene rings is 1. The minimum Gasteiger partial charge on any atom is -0.378 e. The largest absolute Gasteiger partial charge is 0.378 e. The van der Waals surface area contributed by atoms with Crippen molar-refractivity contribution >= 4 is 11.6 Å². The van der Waals surface area contributed by atoms with Crippen molar-refractivity contribution in [2.45, 2.75) is 25.9 Å². The molecule has 0 aliphatic carbocycles. The highest BCUT2D eigenvalue weighted by Gasteiger charge is 2.05. The average Bonchev–Trinajstić information content (AvgIpc) is 2.26. The molecule has 0 spiro atoms. The molecule has 0 aliphatic heterocycles. The summed E-state index contributed by atoms with van der Waals surface area (Å²) in [4.78, 5) is 12.8. The fourth-order valence-electron chi connectivity index (χ4n) is 1.58. The molecule has 1 atom stereocenters. The molecule has 1 unspecified atom stereocenters. The summed E-state index contributed by atoms with van der Waals surface area (Å²) in [6.07, 6.45) is 0.371. The van der Waals surface area contributed by atoms with Crippen molar-refractivity contribution in [2.75, 3.05) is 19.0 Å². The summed E-state index contributed by atoms with van der Waals surface area (Å²) in [6, 6.07) is 8.44. The van der Waals surface area contributed by atoms with Crippen molar-refractivity contribution in [1.82, 2.24) is 5.32 Å². The van der Waals surface area contributed by atoms with Crippen molar-refractivity contribution in [3.63, 3.8) is 0 Å². The fourth-order valence-corrected chi connectivity index (χ4v) is 1.58. The number of hydrogen-bond donors (Lipinski definition) is 2. The predicted molar refractivity (Wildman–Crippen MR) is 70.9 cm³/mol. The summed E-state index contributed by atoms with van der Waals surface area (Å²) < 4.78 is 0. The van der Waals surface area contributed by atoms with Crippen LogP contribution in [0.5, 0.6) is 0 Å². The highest BCUT2D eigenvalue weighted by molar-refractivity contribution is 5.74. The summed E-state index contributed by atoms with van der Waals surface area (Å²) >= 11 is 0. The van der Waals surface area contributed by atoms with Crippen LogP contribution in [0, 0.1) is 0 Å². The van der Waals surface area contributed by atoms with Crippen LogP contribution in [0.2, 0.25) is 0 Å². The number of rotatable bonds is 6. The van der Waals surface area contributed by atoms with Gasteiger partial charge < -0.3 is 16.0 Å². The van der Waals surface area contributed by atoms with Gasteiger partial charge in [0, 0.05) is 38.8 Å². The fraction of sp³-hybridized carbons (Fsp3) is 0.462. The lowest BCUT2D eigenvalue weighted by molar-refractivity contribution is -0.118. The molecular weight excluding hydrogens is 214 g/mol. The number of carbonyl (C=O) groups excluding carboxylic acids is 1. The van der Waals surface area contributed by atoms with Crippen molar-refractivity contribution in [1.29, 1.82) is 0 Å². The van der Waals surface area contributed by atoms with Crippen LogP contribution in [0.3, 0.4) is 0 Å². The first-order chi connectivity index (χ1) is 7.99. The Hall–Kier alpha value is -1.55. The second-order valence-corrected chi connectivity index (χ2v) is 4.51. The lowest BCUT2D eigenvalue weighted by atomic mass is 10.1. The summed E-state index contributed by atoms with van der Waals surface area (Å²) in [7, 11) is 4.03. The Bertz CT molecular complexity index is 359. The van der Waals surface area contributed by atoms with E-state index in [-0.39, 0.29) is 11.9 Å². The van der Waals surface area contributed by atoms with E-state index in [1.165, 1.54) is 11.3 Å². The number of nitrogens with one attached hydrogen (secondary N) is 1. The van der Waals surface area contributed by atoms with E-state index >= 15 is 0 Å². The number of amides is 1. The Balaban J connectivity index is 2.44. The molecule has 1 aromatic rings. The molecule has 4 heteroatoms. The molecule has 1 amide bonds. The third-order valence-electron chi connectivity index (χ3n) is 2.61. The Morgan fingerprint density at radius 3 is 2.41 bits per heavy atom. The number of primary amides is 1. The van der Waals surface area contributed by atoms with E-state index in [2.05, 4.69) is 34.5 Å². The van der Waals surface area contributed by atoms with Crippen molar-refractivity contribution in [3.05, 3.63) is 29.8 Å². The lowest BCUT2D eigenvalue weighted by Gasteiger charge is -2.14. The first-order valence-electron chi connectivity index (χ1n) is 5.77. The molecule has 1 rings (SSSR count). The predicted octanol–water partition coefficient (Wildman–Crippen LogP) is 1.11. The van der Waals surface area contributed by atoms with Gasteiger partial charge in [0.2, 0.25) is 5.91 Å². The average molecular weight is 235 g/mol. The molecule has 0 aliphatic rings. The minimum atomic E-state index is -0.270. The van der Waals surface area contributed by atoms with Crippen LogP contribution in [-0.2, 0) is 11.3 Å². The second kappa shape index (κ2) is 6.25. The van der Waals surface area contributed by atoms with E-state index in [9.17, 15) is 4.79 Å². The first kappa shape index (κ1) is 13.5. The highest BCUT2D eigenvalue weighted by Crippen LogP contribution is 2.12. The van der Waals surface area contributed by atoms with E-state index in [4.69, 9.17) is 5.73 Å². The molecule has 0 bridgehead atoms. The smallest absolute Gasteiger partial charge is 0.218 e. The Morgan fingerprint density at radius 2 is 1.94 bits per heavy atom. The van der Waals surface area contributed by atoms with Crippen LogP contribution in [-0.4, -0.2) is 26.0 Å². The van der Waals surface area contributed by atoms with Crippen LogP contribution in [0.4, 0.5) is 5.69 Å². The normalized spacial score (nSPS) is 12.2. The number of nitrogens with two attached hydrogens (primary N) is 1. The lowest BCUT2D eigenvalue weighted by Crippen LogP contribution is -2.30. The number of carbonyl (C=O) groups is 1. The number of nitrogens with zero attached hydrogens (tertiary/aromatic N) is 1. The molecule has 0 heterocycles. The van der Waals surface area contributed by atoms with Gasteiger partial charge in [-0.25, -0.2) is 0 Å². The summed E-state index contributed by atoms with van der Waals surface area (Å²) in [5, 5.41) is 3.26. The van der Waals surface area contributed by atoms with Crippen molar-refractivity contribution < 1.29 is 4.79 Å². The maximum atomic E-state index is 10.7. The summed E-state index contributed by atoms with van der Waals surface area (Å²) in [5.74, 6) is -0.270. The van der Waals surface area contributed by atoms with Gasteiger partial charge in [-0.05, 0) is 24.6 Å². The van der Waals surface area contributed by atoms with Gasteiger partial charge in [-0.1, -0.05) is 12.1 Å². The Morgan fingerprint density at radius 1 is 1.35 bits per heavy atom. The van der Waals surface area contributed by atoms with Gasteiger partial charge in [-0.2, -0.15) is 0 Å². The molecule has 94 valence electrons. The Kier molecular flexibility index (Phi) is 4.97. The molecular formula is C13H21N3O. The van der Waals surface area contributed by atoms with E-state index in [1.807, 2.05) is 21.0 Å². The van der Waals surface area contributed by atoms with Gasteiger partial charge in [0.15, 0.2) is 0 Å². The van der Waals surface area contributed by atoms with E-state index in [0.29, 0.717) is 6.42 Å². The molecule has 0 radical (unpaired) electrons. The van der Waals surface area contributed by atoms with Crippen LogP contribution in [0.1, 0.15) is 18.9 Å². The molecule has 3 N–H and O–H groups in total. The minimum absolute atomic E-state index is 0.112. The topological polar surface area (TPSA) is 58.4 Å². The van der Waals surface area contributed by atoms with Crippen LogP contribution < -0.4 is 16.0 Å². The Labute approximate surface area is 103 Å². The highest BCUT2D eigenvalue weighted by atomic mass is 16.1. The van der Waals surface area contributed by atoms with Crippen LogP contribution in [0.15, 0.2) is 24.3 Å². The maximum absolute atomic E-state index is 10.7. The number of hydrogen-bond acceptors (Lipinski definition) is 3. The van der Waals surface area contributed by atoms with E-state index < -0.39 is 0 Å². The van der Waals surface area contributed by atoms with Gasteiger partial charge >= 0.3 is 0 Å². The van der Waals surface area contributed by atoms with Gasteiger partial charge in [-0.15, -0.1) is 0 Å². The molecule has 0 fully saturated rings. The summed E-state index contributed by atoms with van der Waals surface area (Å²) in [6.45, 7) is 2.71. The molecule has 0 aromatic heterocycles. The quantitative estimate of drug-likeness (QED) is 0.776. The monoisotopic (exact) mass is 235 g/mol.